The van der Waals surface area contributed by atoms with Crippen molar-refractivity contribution in [1.82, 2.24) is 0 Å². The van der Waals surface area contributed by atoms with E-state index in [1.165, 1.54) is 0 Å². The quantitative estimate of drug-likeness (QED) is 0.442. The smallest absolute Gasteiger partial charge is 0.389 e. The minimum atomic E-state index is -4.54. The molecule has 1 aromatic rings. The van der Waals surface area contributed by atoms with Gasteiger partial charge in [-0.2, -0.15) is 13.2 Å². The summed E-state index contributed by atoms with van der Waals surface area (Å²) in [4.78, 5) is 0. The average Bonchev–Trinajstić information content (AvgIpc) is 3.19. The van der Waals surface area contributed by atoms with Gasteiger partial charge in [-0.1, -0.05) is 63.3 Å². The molecule has 2 N–H and O–H groups in total. The van der Waals surface area contributed by atoms with Crippen LogP contribution in [0.2, 0.25) is 0 Å². The third kappa shape index (κ3) is 4.17. The number of fused-ring (bicyclic) bond motifs is 5. The predicted octanol–water partition coefficient (Wildman–Crippen LogP) is 7.65. The lowest BCUT2D eigenvalue weighted by Gasteiger charge is -2.62. The van der Waals surface area contributed by atoms with Crippen LogP contribution >= 0.6 is 0 Å². The number of alkyl halides is 3. The number of halogens is 3. The number of aliphatic hydroxyl groups excluding tert-OH is 1. The zero-order valence-electron chi connectivity index (χ0n) is 22.0. The number of aliphatic hydroxyl groups is 2. The normalized spacial score (nSPS) is 44.5. The molecule has 5 heteroatoms. The Balaban J connectivity index is 1.30. The molecule has 4 aliphatic rings. The van der Waals surface area contributed by atoms with E-state index in [-0.39, 0.29) is 35.5 Å². The van der Waals surface area contributed by atoms with E-state index in [1.807, 2.05) is 42.5 Å². The first-order chi connectivity index (χ1) is 16.9. The van der Waals surface area contributed by atoms with Crippen LogP contribution in [0.15, 0.2) is 36.4 Å². The molecule has 0 radical (unpaired) electrons. The van der Waals surface area contributed by atoms with Crippen molar-refractivity contribution in [2.45, 2.75) is 96.4 Å². The minimum absolute atomic E-state index is 0.0513. The predicted molar refractivity (Wildman–Crippen MR) is 137 cm³/mol. The molecule has 0 heterocycles. The summed E-state index contributed by atoms with van der Waals surface area (Å²) in [7, 11) is 0. The van der Waals surface area contributed by atoms with Gasteiger partial charge in [0.1, 0.15) is 0 Å². The Morgan fingerprint density at radius 2 is 1.61 bits per heavy atom. The highest BCUT2D eigenvalue weighted by atomic mass is 19.4. The molecule has 0 bridgehead atoms. The fraction of sp³-hybridized carbons (Fsp3) is 0.742. The van der Waals surface area contributed by atoms with Crippen LogP contribution < -0.4 is 0 Å². The second-order valence-electron chi connectivity index (χ2n) is 13.2. The second kappa shape index (κ2) is 9.15. The van der Waals surface area contributed by atoms with E-state index in [0.717, 1.165) is 44.1 Å². The van der Waals surface area contributed by atoms with Crippen LogP contribution in [0, 0.1) is 46.3 Å². The molecule has 0 aliphatic heterocycles. The van der Waals surface area contributed by atoms with Crippen LogP contribution in [-0.4, -0.2) is 28.1 Å². The summed E-state index contributed by atoms with van der Waals surface area (Å²) >= 11 is 0. The fourth-order valence-electron chi connectivity index (χ4n) is 9.59. The first kappa shape index (κ1) is 26.3. The van der Waals surface area contributed by atoms with E-state index in [4.69, 9.17) is 0 Å². The van der Waals surface area contributed by atoms with Gasteiger partial charge in [0.05, 0.1) is 6.10 Å². The third-order valence-electron chi connectivity index (χ3n) is 11.8. The molecular formula is C31H43F3O2. The minimum Gasteiger partial charge on any atom is -0.389 e. The van der Waals surface area contributed by atoms with Crippen molar-refractivity contribution >= 4 is 6.08 Å². The number of rotatable bonds is 4. The van der Waals surface area contributed by atoms with Crippen LogP contribution in [0.25, 0.3) is 6.08 Å². The Bertz CT molecular complexity index is 960. The van der Waals surface area contributed by atoms with Crippen molar-refractivity contribution in [3.8, 4) is 0 Å². The number of benzene rings is 1. The van der Waals surface area contributed by atoms with E-state index in [2.05, 4.69) is 20.8 Å². The van der Waals surface area contributed by atoms with E-state index in [9.17, 15) is 23.4 Å². The van der Waals surface area contributed by atoms with Crippen molar-refractivity contribution in [2.24, 2.45) is 46.3 Å². The standard InChI is InChI=1S/C31H43F3O2/c1-20(27(35)14-9-21-7-5-4-6-8-21)24-12-13-25-23-11-10-22-19-30(36,31(32,33)34)18-17-28(22,2)26(23)15-16-29(24,25)3/h4-9,14,20,22-27,35-36H,10-13,15-19H2,1-3H3/b14-9+/t20-,22+,23+,24+,25+,26+,27+,28+,29-,30+/m1/s1. The largest absolute Gasteiger partial charge is 0.417 e. The van der Waals surface area contributed by atoms with Crippen molar-refractivity contribution in [1.29, 1.82) is 0 Å². The zero-order valence-corrected chi connectivity index (χ0v) is 22.0. The lowest BCUT2D eigenvalue weighted by Crippen LogP contribution is -2.59. The highest BCUT2D eigenvalue weighted by Gasteiger charge is 2.65. The monoisotopic (exact) mass is 504 g/mol. The summed E-state index contributed by atoms with van der Waals surface area (Å²) in [6.07, 6.45) is 5.33. The highest BCUT2D eigenvalue weighted by molar-refractivity contribution is 5.49. The Kier molecular flexibility index (Phi) is 6.68. The maximum atomic E-state index is 13.6. The van der Waals surface area contributed by atoms with Crippen LogP contribution in [-0.2, 0) is 0 Å². The summed E-state index contributed by atoms with van der Waals surface area (Å²) in [5, 5.41) is 21.5. The molecule has 5 rings (SSSR count). The van der Waals surface area contributed by atoms with Gasteiger partial charge in [-0.3, -0.25) is 0 Å². The van der Waals surface area contributed by atoms with E-state index >= 15 is 0 Å². The summed E-state index contributed by atoms with van der Waals surface area (Å²) in [5.41, 5.74) is -1.35. The van der Waals surface area contributed by atoms with Gasteiger partial charge in [-0.25, -0.2) is 0 Å². The Labute approximate surface area is 214 Å². The van der Waals surface area contributed by atoms with Crippen LogP contribution in [0.4, 0.5) is 13.2 Å². The average molecular weight is 505 g/mol. The van der Waals surface area contributed by atoms with E-state index in [0.29, 0.717) is 30.1 Å². The summed E-state index contributed by atoms with van der Waals surface area (Å²) in [6.45, 7) is 6.87. The van der Waals surface area contributed by atoms with Crippen molar-refractivity contribution in [3.63, 3.8) is 0 Å². The summed E-state index contributed by atoms with van der Waals surface area (Å²) in [6, 6.07) is 10.1. The van der Waals surface area contributed by atoms with Crippen LogP contribution in [0.1, 0.15) is 84.1 Å². The molecule has 10 atom stereocenters. The molecule has 0 amide bonds. The van der Waals surface area contributed by atoms with Gasteiger partial charge in [-0.15, -0.1) is 0 Å². The molecule has 36 heavy (non-hydrogen) atoms. The Hall–Kier alpha value is -1.33. The molecule has 0 spiro atoms. The van der Waals surface area contributed by atoms with E-state index < -0.39 is 17.9 Å². The maximum absolute atomic E-state index is 13.6. The summed E-state index contributed by atoms with van der Waals surface area (Å²) < 4.78 is 40.9. The highest BCUT2D eigenvalue weighted by Crippen LogP contribution is 2.69. The van der Waals surface area contributed by atoms with Gasteiger partial charge in [0.2, 0.25) is 0 Å². The molecule has 0 unspecified atom stereocenters. The third-order valence-corrected chi connectivity index (χ3v) is 11.8. The van der Waals surface area contributed by atoms with Gasteiger partial charge >= 0.3 is 6.18 Å². The Morgan fingerprint density at radius 3 is 2.31 bits per heavy atom. The SMILES string of the molecule is C[C@@H]([C@@H](O)/C=C/c1ccccc1)[C@@H]1CC[C@H]2[C@@H]3CC[C@H]4C[C@](O)(C(F)(F)F)CC[C@]4(C)[C@H]3CC[C@]12C. The van der Waals surface area contributed by atoms with Crippen LogP contribution in [0.5, 0.6) is 0 Å². The molecule has 200 valence electrons. The van der Waals surface area contributed by atoms with Crippen LogP contribution in [0.3, 0.4) is 0 Å². The molecule has 1 aromatic carbocycles. The molecule has 4 saturated carbocycles. The van der Waals surface area contributed by atoms with Gasteiger partial charge in [0.25, 0.3) is 0 Å². The zero-order chi connectivity index (χ0) is 25.9. The number of hydrogen-bond acceptors (Lipinski definition) is 2. The Morgan fingerprint density at radius 1 is 0.917 bits per heavy atom. The first-order valence-corrected chi connectivity index (χ1v) is 14.1. The number of hydrogen-bond donors (Lipinski definition) is 2. The molecule has 2 nitrogen and oxygen atoms in total. The van der Waals surface area contributed by atoms with Crippen molar-refractivity contribution < 1.29 is 23.4 Å². The fourth-order valence-corrected chi connectivity index (χ4v) is 9.59. The molecule has 4 aliphatic carbocycles. The lowest BCUT2D eigenvalue weighted by atomic mass is 9.43. The topological polar surface area (TPSA) is 40.5 Å². The van der Waals surface area contributed by atoms with Gasteiger partial charge < -0.3 is 10.2 Å². The molecule has 0 saturated heterocycles. The summed E-state index contributed by atoms with van der Waals surface area (Å²) in [5.74, 6) is 2.14. The van der Waals surface area contributed by atoms with Crippen molar-refractivity contribution in [3.05, 3.63) is 42.0 Å². The van der Waals surface area contributed by atoms with E-state index in [1.54, 1.807) is 0 Å². The molecule has 0 aromatic heterocycles. The maximum Gasteiger partial charge on any atom is 0.417 e. The van der Waals surface area contributed by atoms with Gasteiger partial charge in [0.15, 0.2) is 5.60 Å². The van der Waals surface area contributed by atoms with Gasteiger partial charge in [0, 0.05) is 0 Å². The van der Waals surface area contributed by atoms with Crippen molar-refractivity contribution in [2.75, 3.05) is 0 Å². The lowest BCUT2D eigenvalue weighted by molar-refractivity contribution is -0.290. The first-order valence-electron chi connectivity index (χ1n) is 14.1. The van der Waals surface area contributed by atoms with Gasteiger partial charge in [-0.05, 0) is 110 Å². The second-order valence-corrected chi connectivity index (χ2v) is 13.2. The molecular weight excluding hydrogens is 461 g/mol. The molecule has 4 fully saturated rings.